The molecule has 4 heterocycles. The molecule has 3 aliphatic heterocycles. The van der Waals surface area contributed by atoms with Gasteiger partial charge in [-0.3, -0.25) is 9.69 Å². The molecule has 4 aliphatic rings. The van der Waals surface area contributed by atoms with Crippen LogP contribution in [0, 0.1) is 12.4 Å². The molecule has 1 aromatic heterocycles. The lowest BCUT2D eigenvalue weighted by molar-refractivity contribution is -0.128. The van der Waals surface area contributed by atoms with E-state index in [9.17, 15) is 4.79 Å². The van der Waals surface area contributed by atoms with Gasteiger partial charge in [-0.25, -0.2) is 11.0 Å². The monoisotopic (exact) mass is 594 g/mol. The Hall–Kier alpha value is -4.03. The number of anilines is 1. The van der Waals surface area contributed by atoms with Gasteiger partial charge in [0.1, 0.15) is 24.0 Å². The third-order valence-electron chi connectivity index (χ3n) is 10.3. The van der Waals surface area contributed by atoms with Gasteiger partial charge in [0.2, 0.25) is 12.5 Å². The number of carbonyl (C=O) groups is 1. The molecule has 0 spiro atoms. The van der Waals surface area contributed by atoms with Crippen molar-refractivity contribution < 1.29 is 13.9 Å². The molecular weight excluding hydrogens is 555 g/mol. The molecule has 1 aliphatic carbocycles. The van der Waals surface area contributed by atoms with Gasteiger partial charge < -0.3 is 19.4 Å². The summed E-state index contributed by atoms with van der Waals surface area (Å²) >= 11 is 0. The van der Waals surface area contributed by atoms with Crippen LogP contribution < -0.4 is 9.64 Å². The first-order valence-electron chi connectivity index (χ1n) is 16.0. The van der Waals surface area contributed by atoms with Gasteiger partial charge in [0.15, 0.2) is 5.82 Å². The molecule has 0 N–H and O–H groups in total. The van der Waals surface area contributed by atoms with Gasteiger partial charge in [-0.05, 0) is 93.3 Å². The highest BCUT2D eigenvalue weighted by atomic mass is 19.1. The Kier molecular flexibility index (Phi) is 7.71. The molecule has 228 valence electrons. The van der Waals surface area contributed by atoms with Crippen LogP contribution in [0.4, 0.5) is 10.2 Å². The third-order valence-corrected chi connectivity index (χ3v) is 10.3. The molecule has 0 bridgehead atoms. The zero-order valence-electron chi connectivity index (χ0n) is 25.2. The van der Waals surface area contributed by atoms with Crippen molar-refractivity contribution in [1.29, 1.82) is 0 Å². The average Bonchev–Trinajstić information content (AvgIpc) is 3.64. The van der Waals surface area contributed by atoms with Gasteiger partial charge in [0.25, 0.3) is 0 Å². The number of aryl methyl sites for hydroxylation is 1. The minimum atomic E-state index is -0.366. The van der Waals surface area contributed by atoms with Crippen molar-refractivity contribution in [1.82, 2.24) is 19.8 Å². The topological polar surface area (TPSA) is 66.2 Å². The Morgan fingerprint density at radius 1 is 1.07 bits per heavy atom. The van der Waals surface area contributed by atoms with Crippen molar-refractivity contribution in [2.75, 3.05) is 50.8 Å². The number of nitrogens with zero attached hydrogens (tertiary/aromatic N) is 6. The number of amides is 1. The normalized spacial score (nSPS) is 21.1. The maximum Gasteiger partial charge on any atom is 0.319 e. The lowest BCUT2D eigenvalue weighted by atomic mass is 9.85. The summed E-state index contributed by atoms with van der Waals surface area (Å²) in [6.07, 6.45) is 10.0. The van der Waals surface area contributed by atoms with E-state index in [0.717, 1.165) is 70.0 Å². The minimum absolute atomic E-state index is 0.000619. The fourth-order valence-corrected chi connectivity index (χ4v) is 8.05. The second kappa shape index (κ2) is 11.8. The van der Waals surface area contributed by atoms with Gasteiger partial charge >= 0.3 is 6.01 Å². The first kappa shape index (κ1) is 28.7. The molecule has 3 saturated heterocycles. The maximum atomic E-state index is 16.7. The number of rotatable bonds is 7. The van der Waals surface area contributed by atoms with E-state index in [2.05, 4.69) is 27.3 Å². The Bertz CT molecular complexity index is 1640. The van der Waals surface area contributed by atoms with E-state index >= 15 is 4.39 Å². The van der Waals surface area contributed by atoms with E-state index in [1.807, 2.05) is 24.3 Å². The molecule has 44 heavy (non-hydrogen) atoms. The largest absolute Gasteiger partial charge is 0.461 e. The number of piperazine rings is 1. The molecule has 3 fully saturated rings. The van der Waals surface area contributed by atoms with Crippen LogP contribution in [0.2, 0.25) is 0 Å². The third kappa shape index (κ3) is 4.99. The van der Waals surface area contributed by atoms with Crippen LogP contribution in [0.25, 0.3) is 26.9 Å². The second-order valence-corrected chi connectivity index (χ2v) is 12.7. The molecule has 1 atom stereocenters. The van der Waals surface area contributed by atoms with Crippen molar-refractivity contribution in [2.24, 2.45) is 0 Å². The molecule has 7 rings (SSSR count). The fourth-order valence-electron chi connectivity index (χ4n) is 8.05. The second-order valence-electron chi connectivity index (χ2n) is 12.7. The first-order valence-corrected chi connectivity index (χ1v) is 16.0. The summed E-state index contributed by atoms with van der Waals surface area (Å²) in [6.45, 7) is 15.3. The zero-order valence-corrected chi connectivity index (χ0v) is 25.2. The predicted molar refractivity (Wildman–Crippen MR) is 169 cm³/mol. The summed E-state index contributed by atoms with van der Waals surface area (Å²) in [4.78, 5) is 32.1. The number of hydrogen-bond donors (Lipinski definition) is 0. The van der Waals surface area contributed by atoms with E-state index in [4.69, 9.17) is 21.3 Å². The van der Waals surface area contributed by atoms with Crippen molar-refractivity contribution >= 4 is 22.6 Å². The summed E-state index contributed by atoms with van der Waals surface area (Å²) in [5.74, 6) is 0.0294. The first-order chi connectivity index (χ1) is 21.5. The van der Waals surface area contributed by atoms with Crippen LogP contribution in [0.3, 0.4) is 0 Å². The summed E-state index contributed by atoms with van der Waals surface area (Å²) in [5, 5.41) is 0.606. The van der Waals surface area contributed by atoms with Crippen LogP contribution in [0.15, 0.2) is 43.0 Å². The number of aromatic nitrogens is 2. The summed E-state index contributed by atoms with van der Waals surface area (Å²) in [7, 11) is 0. The molecule has 3 aromatic rings. The van der Waals surface area contributed by atoms with E-state index in [0.29, 0.717) is 43.0 Å². The number of carbonyl (C=O) groups excluding carboxylic acids is 1. The van der Waals surface area contributed by atoms with E-state index in [1.54, 1.807) is 4.90 Å². The molecule has 9 heteroatoms. The molecule has 1 amide bonds. The summed E-state index contributed by atoms with van der Waals surface area (Å²) in [5.41, 5.74) is 4.26. The lowest BCUT2D eigenvalue weighted by Gasteiger charge is -2.39. The molecule has 0 saturated carbocycles. The van der Waals surface area contributed by atoms with Crippen LogP contribution in [0.5, 0.6) is 6.01 Å². The highest BCUT2D eigenvalue weighted by Crippen LogP contribution is 2.40. The van der Waals surface area contributed by atoms with E-state index in [-0.39, 0.29) is 41.4 Å². The standard InChI is InChI=1S/C35H39FN6O2/c1-3-30(43)42-20-19-40(22-25(42)21-37-2)33-29-14-13-28(27-12-6-10-24-9-4-5-11-26(24)27)31(36)32(29)38-34(39-33)44-23-35-15-7-17-41(35)18-8-16-35/h3,6,10,12-14,25H,1,4-5,7-9,11,15-23H2/t25-/m0/s1. The number of fused-ring (bicyclic) bond motifs is 3. The molecular formula is C35H39FN6O2. The zero-order chi connectivity index (χ0) is 30.3. The number of hydrogen-bond acceptors (Lipinski definition) is 6. The van der Waals surface area contributed by atoms with E-state index in [1.165, 1.54) is 17.2 Å². The quantitative estimate of drug-likeness (QED) is 0.268. The van der Waals surface area contributed by atoms with Gasteiger partial charge in [-0.15, -0.1) is 0 Å². The van der Waals surface area contributed by atoms with Crippen molar-refractivity contribution in [2.45, 2.75) is 62.9 Å². The van der Waals surface area contributed by atoms with Gasteiger partial charge in [-0.1, -0.05) is 30.8 Å². The highest BCUT2D eigenvalue weighted by Gasteiger charge is 2.45. The summed E-state index contributed by atoms with van der Waals surface area (Å²) < 4.78 is 23.1. The smallest absolute Gasteiger partial charge is 0.319 e. The number of ether oxygens (including phenoxy) is 1. The minimum Gasteiger partial charge on any atom is -0.461 e. The highest BCUT2D eigenvalue weighted by molar-refractivity contribution is 5.94. The average molecular weight is 595 g/mol. The summed E-state index contributed by atoms with van der Waals surface area (Å²) in [6, 6.07) is 9.84. The molecule has 0 unspecified atom stereocenters. The molecule has 8 nitrogen and oxygen atoms in total. The fraction of sp³-hybridized carbons (Fsp3) is 0.486. The lowest BCUT2D eigenvalue weighted by Crippen LogP contribution is -2.56. The Balaban J connectivity index is 1.30. The number of benzene rings is 2. The van der Waals surface area contributed by atoms with Crippen molar-refractivity contribution in [3.63, 3.8) is 0 Å². The SMILES string of the molecule is [C-]#[N+]C[C@H]1CN(c2nc(OCC34CCCN3CCC4)nc3c(F)c(-c4cccc5c4CCCC5)ccc23)CCN1C(=O)C=C. The maximum absolute atomic E-state index is 16.7. The Morgan fingerprint density at radius 3 is 2.68 bits per heavy atom. The van der Waals surface area contributed by atoms with E-state index < -0.39 is 0 Å². The van der Waals surface area contributed by atoms with Gasteiger partial charge in [0, 0.05) is 30.6 Å². The Labute approximate surface area is 258 Å². The van der Waals surface area contributed by atoms with Crippen molar-refractivity contribution in [3.05, 3.63) is 71.3 Å². The molecule has 2 aromatic carbocycles. The predicted octanol–water partition coefficient (Wildman–Crippen LogP) is 5.44. The van der Waals surface area contributed by atoms with Crippen LogP contribution in [0.1, 0.15) is 49.7 Å². The van der Waals surface area contributed by atoms with Crippen LogP contribution >= 0.6 is 0 Å². The Morgan fingerprint density at radius 2 is 1.89 bits per heavy atom. The van der Waals surface area contributed by atoms with Crippen molar-refractivity contribution in [3.8, 4) is 17.1 Å². The van der Waals surface area contributed by atoms with Crippen LogP contribution in [-0.2, 0) is 17.6 Å². The van der Waals surface area contributed by atoms with Gasteiger partial charge in [0.05, 0.1) is 5.54 Å². The number of halogens is 1. The van der Waals surface area contributed by atoms with Gasteiger partial charge in [-0.2, -0.15) is 9.97 Å². The molecule has 0 radical (unpaired) electrons. The van der Waals surface area contributed by atoms with Crippen LogP contribution in [-0.4, -0.2) is 83.1 Å².